The molecule has 3 aromatic heterocycles. The number of aromatic nitrogens is 7. The third kappa shape index (κ3) is 3.63. The summed E-state index contributed by atoms with van der Waals surface area (Å²) < 4.78 is 3.40. The zero-order chi connectivity index (χ0) is 21.2. The Morgan fingerprint density at radius 2 is 1.71 bits per heavy atom. The number of carbonyl (C=O) groups excluding carboxylic acids is 1. The fraction of sp³-hybridized carbons (Fsp3) is 0.238. The summed E-state index contributed by atoms with van der Waals surface area (Å²) in [7, 11) is 0. The highest BCUT2D eigenvalue weighted by atomic mass is 16.2. The van der Waals surface area contributed by atoms with Crippen molar-refractivity contribution in [1.29, 1.82) is 0 Å². The Kier molecular flexibility index (Phi) is 4.87. The van der Waals surface area contributed by atoms with E-state index in [0.29, 0.717) is 37.6 Å². The molecular weight excluding hydrogens is 394 g/mol. The van der Waals surface area contributed by atoms with Crippen LogP contribution in [0, 0.1) is 6.92 Å². The molecule has 5 rings (SSSR count). The van der Waals surface area contributed by atoms with E-state index < -0.39 is 0 Å². The maximum absolute atomic E-state index is 13.1. The number of carbonyl (C=O) groups is 1. The van der Waals surface area contributed by atoms with Crippen LogP contribution in [0.5, 0.6) is 0 Å². The van der Waals surface area contributed by atoms with E-state index in [0.717, 1.165) is 17.2 Å². The van der Waals surface area contributed by atoms with E-state index in [1.165, 1.54) is 12.7 Å². The van der Waals surface area contributed by atoms with Gasteiger partial charge in [-0.1, -0.05) is 18.2 Å². The van der Waals surface area contributed by atoms with E-state index in [-0.39, 0.29) is 5.91 Å². The SMILES string of the molecule is Cc1c(C(=O)N2CCN(c3cc(-n4cncn4)ncn3)CC2)cnn1-c1ccccc1. The molecule has 10 heteroatoms. The van der Waals surface area contributed by atoms with E-state index in [2.05, 4.69) is 30.0 Å². The second-order valence-electron chi connectivity index (χ2n) is 7.24. The molecule has 1 fully saturated rings. The minimum Gasteiger partial charge on any atom is -0.353 e. The molecule has 0 spiro atoms. The van der Waals surface area contributed by atoms with Gasteiger partial charge in [0.2, 0.25) is 0 Å². The van der Waals surface area contributed by atoms with Crippen LogP contribution >= 0.6 is 0 Å². The number of piperazine rings is 1. The Hall–Kier alpha value is -4.08. The summed E-state index contributed by atoms with van der Waals surface area (Å²) in [5, 5.41) is 8.54. The van der Waals surface area contributed by atoms with Gasteiger partial charge in [-0.2, -0.15) is 10.2 Å². The Bertz CT molecular complexity index is 1180. The Morgan fingerprint density at radius 3 is 2.45 bits per heavy atom. The van der Waals surface area contributed by atoms with Gasteiger partial charge < -0.3 is 9.80 Å². The van der Waals surface area contributed by atoms with Crippen molar-refractivity contribution in [2.24, 2.45) is 0 Å². The second-order valence-corrected chi connectivity index (χ2v) is 7.24. The molecule has 0 radical (unpaired) electrons. The van der Waals surface area contributed by atoms with Gasteiger partial charge in [0, 0.05) is 32.2 Å². The highest BCUT2D eigenvalue weighted by molar-refractivity contribution is 5.95. The molecule has 0 aliphatic carbocycles. The lowest BCUT2D eigenvalue weighted by atomic mass is 10.2. The molecule has 31 heavy (non-hydrogen) atoms. The van der Waals surface area contributed by atoms with E-state index in [4.69, 9.17) is 0 Å². The van der Waals surface area contributed by atoms with Crippen molar-refractivity contribution >= 4 is 11.7 Å². The minimum absolute atomic E-state index is 0.00493. The van der Waals surface area contributed by atoms with E-state index in [9.17, 15) is 4.79 Å². The van der Waals surface area contributed by atoms with Gasteiger partial charge in [-0.15, -0.1) is 0 Å². The average molecular weight is 415 g/mol. The summed E-state index contributed by atoms with van der Waals surface area (Å²) in [6, 6.07) is 11.7. The third-order valence-corrected chi connectivity index (χ3v) is 5.42. The number of hydrogen-bond donors (Lipinski definition) is 0. The molecule has 4 aromatic rings. The molecule has 0 bridgehead atoms. The number of nitrogens with zero attached hydrogens (tertiary/aromatic N) is 9. The zero-order valence-electron chi connectivity index (χ0n) is 17.0. The first-order valence-corrected chi connectivity index (χ1v) is 10.0. The normalized spacial score (nSPS) is 14.1. The molecule has 0 atom stereocenters. The maximum atomic E-state index is 13.1. The summed E-state index contributed by atoms with van der Waals surface area (Å²) in [6.07, 6.45) is 6.24. The monoisotopic (exact) mass is 415 g/mol. The number of amides is 1. The fourth-order valence-electron chi connectivity index (χ4n) is 3.72. The van der Waals surface area contributed by atoms with Gasteiger partial charge in [0.15, 0.2) is 5.82 Å². The van der Waals surface area contributed by atoms with Gasteiger partial charge in [0.1, 0.15) is 24.8 Å². The quantitative estimate of drug-likeness (QED) is 0.498. The summed E-state index contributed by atoms with van der Waals surface area (Å²) in [5.41, 5.74) is 2.41. The Morgan fingerprint density at radius 1 is 0.935 bits per heavy atom. The second kappa shape index (κ2) is 7.98. The van der Waals surface area contributed by atoms with Crippen LogP contribution in [-0.4, -0.2) is 71.5 Å². The fourth-order valence-corrected chi connectivity index (χ4v) is 3.72. The van der Waals surface area contributed by atoms with Crippen LogP contribution in [0.1, 0.15) is 16.1 Å². The molecule has 1 aromatic carbocycles. The van der Waals surface area contributed by atoms with Crippen molar-refractivity contribution in [2.75, 3.05) is 31.1 Å². The van der Waals surface area contributed by atoms with Crippen LogP contribution < -0.4 is 4.90 Å². The van der Waals surface area contributed by atoms with Crippen LogP contribution in [0.4, 0.5) is 5.82 Å². The van der Waals surface area contributed by atoms with E-state index in [1.54, 1.807) is 21.9 Å². The predicted octanol–water partition coefficient (Wildman–Crippen LogP) is 1.51. The number of para-hydroxylation sites is 1. The largest absolute Gasteiger partial charge is 0.353 e. The predicted molar refractivity (Wildman–Crippen MR) is 113 cm³/mol. The molecule has 10 nitrogen and oxygen atoms in total. The van der Waals surface area contributed by atoms with Crippen LogP contribution in [-0.2, 0) is 0 Å². The molecule has 4 heterocycles. The van der Waals surface area contributed by atoms with E-state index >= 15 is 0 Å². The summed E-state index contributed by atoms with van der Waals surface area (Å²) in [4.78, 5) is 29.7. The first-order chi connectivity index (χ1) is 15.2. The lowest BCUT2D eigenvalue weighted by Crippen LogP contribution is -2.49. The molecule has 156 valence electrons. The van der Waals surface area contributed by atoms with Crippen molar-refractivity contribution in [3.05, 3.63) is 72.8 Å². The molecular formula is C21H21N9O. The third-order valence-electron chi connectivity index (χ3n) is 5.42. The van der Waals surface area contributed by atoms with Gasteiger partial charge in [-0.25, -0.2) is 24.3 Å². The summed E-state index contributed by atoms with van der Waals surface area (Å²) in [6.45, 7) is 4.52. The van der Waals surface area contributed by atoms with Crippen molar-refractivity contribution < 1.29 is 4.79 Å². The lowest BCUT2D eigenvalue weighted by molar-refractivity contribution is 0.0745. The number of anilines is 1. The topological polar surface area (TPSA) is 97.9 Å². The van der Waals surface area contributed by atoms with Gasteiger partial charge >= 0.3 is 0 Å². The summed E-state index contributed by atoms with van der Waals surface area (Å²) in [5.74, 6) is 1.47. The molecule has 1 aliphatic rings. The summed E-state index contributed by atoms with van der Waals surface area (Å²) >= 11 is 0. The Balaban J connectivity index is 1.28. The van der Waals surface area contributed by atoms with Gasteiger partial charge in [0.25, 0.3) is 5.91 Å². The number of benzene rings is 1. The molecule has 1 amide bonds. The van der Waals surface area contributed by atoms with Crippen LogP contribution in [0.25, 0.3) is 11.5 Å². The standard InChI is InChI=1S/C21H21N9O/c1-16-18(12-25-30(16)17-5-3-2-4-6-17)21(31)28-9-7-27(8-10-28)19-11-20(24-14-23-19)29-15-22-13-26-29/h2-6,11-15H,7-10H2,1H3. The lowest BCUT2D eigenvalue weighted by Gasteiger charge is -2.35. The highest BCUT2D eigenvalue weighted by Gasteiger charge is 2.26. The van der Waals surface area contributed by atoms with Crippen molar-refractivity contribution in [1.82, 2.24) is 39.4 Å². The molecule has 0 saturated carbocycles. The Labute approximate surface area is 178 Å². The molecule has 1 aliphatic heterocycles. The smallest absolute Gasteiger partial charge is 0.257 e. The molecule has 0 unspecified atom stereocenters. The number of rotatable bonds is 4. The number of hydrogen-bond acceptors (Lipinski definition) is 7. The van der Waals surface area contributed by atoms with Crippen LogP contribution in [0.3, 0.4) is 0 Å². The first-order valence-electron chi connectivity index (χ1n) is 10.0. The van der Waals surface area contributed by atoms with Gasteiger partial charge in [-0.3, -0.25) is 4.79 Å². The molecule has 0 N–H and O–H groups in total. The van der Waals surface area contributed by atoms with Gasteiger partial charge in [0.05, 0.1) is 23.1 Å². The van der Waals surface area contributed by atoms with Crippen LogP contribution in [0.2, 0.25) is 0 Å². The van der Waals surface area contributed by atoms with E-state index in [1.807, 2.05) is 48.2 Å². The highest BCUT2D eigenvalue weighted by Crippen LogP contribution is 2.19. The first kappa shape index (κ1) is 18.9. The minimum atomic E-state index is 0.00493. The maximum Gasteiger partial charge on any atom is 0.257 e. The molecule has 1 saturated heterocycles. The van der Waals surface area contributed by atoms with Crippen LogP contribution in [0.15, 0.2) is 61.6 Å². The average Bonchev–Trinajstić information content (AvgIpc) is 3.50. The van der Waals surface area contributed by atoms with Crippen molar-refractivity contribution in [3.63, 3.8) is 0 Å². The van der Waals surface area contributed by atoms with Gasteiger partial charge in [-0.05, 0) is 19.1 Å². The zero-order valence-corrected chi connectivity index (χ0v) is 17.0. The van der Waals surface area contributed by atoms with Crippen molar-refractivity contribution in [3.8, 4) is 11.5 Å². The van der Waals surface area contributed by atoms with Crippen molar-refractivity contribution in [2.45, 2.75) is 6.92 Å².